The fraction of sp³-hybridized carbons (Fsp3) is 0.385. The first kappa shape index (κ1) is 11.2. The SMILES string of the molecule is CNCCN(C)Cc1c[nH]c2ccccc12. The number of H-pyrrole nitrogens is 1. The van der Waals surface area contributed by atoms with Crippen molar-refractivity contribution < 1.29 is 0 Å². The second-order valence-corrected chi connectivity index (χ2v) is 4.20. The molecule has 0 aliphatic rings. The molecule has 0 saturated heterocycles. The third-order valence-corrected chi connectivity index (χ3v) is 2.86. The molecule has 0 aliphatic heterocycles. The van der Waals surface area contributed by atoms with Crippen molar-refractivity contribution in [2.24, 2.45) is 0 Å². The van der Waals surface area contributed by atoms with E-state index in [1.54, 1.807) is 0 Å². The molecule has 0 atom stereocenters. The van der Waals surface area contributed by atoms with Gasteiger partial charge in [0, 0.05) is 36.7 Å². The van der Waals surface area contributed by atoms with Crippen molar-refractivity contribution in [3.05, 3.63) is 36.0 Å². The normalized spacial score (nSPS) is 11.4. The van der Waals surface area contributed by atoms with E-state index in [4.69, 9.17) is 0 Å². The number of likely N-dealkylation sites (N-methyl/N-ethyl adjacent to an activating group) is 2. The van der Waals surface area contributed by atoms with E-state index in [1.165, 1.54) is 16.5 Å². The van der Waals surface area contributed by atoms with Crippen LogP contribution in [0.2, 0.25) is 0 Å². The van der Waals surface area contributed by atoms with Gasteiger partial charge in [-0.1, -0.05) is 18.2 Å². The zero-order chi connectivity index (χ0) is 11.4. The van der Waals surface area contributed by atoms with Crippen molar-refractivity contribution in [3.8, 4) is 0 Å². The van der Waals surface area contributed by atoms with E-state index >= 15 is 0 Å². The molecule has 2 N–H and O–H groups in total. The molecule has 0 fully saturated rings. The smallest absolute Gasteiger partial charge is 0.0457 e. The van der Waals surface area contributed by atoms with Gasteiger partial charge >= 0.3 is 0 Å². The van der Waals surface area contributed by atoms with Gasteiger partial charge in [-0.3, -0.25) is 0 Å². The average molecular weight is 217 g/mol. The summed E-state index contributed by atoms with van der Waals surface area (Å²) in [7, 11) is 4.14. The van der Waals surface area contributed by atoms with Crippen molar-refractivity contribution in [2.45, 2.75) is 6.54 Å². The van der Waals surface area contributed by atoms with Crippen LogP contribution < -0.4 is 5.32 Å². The van der Waals surface area contributed by atoms with Crippen molar-refractivity contribution in [3.63, 3.8) is 0 Å². The minimum absolute atomic E-state index is 0.992. The lowest BCUT2D eigenvalue weighted by Gasteiger charge is -2.15. The largest absolute Gasteiger partial charge is 0.361 e. The van der Waals surface area contributed by atoms with Gasteiger partial charge in [-0.15, -0.1) is 0 Å². The lowest BCUT2D eigenvalue weighted by atomic mass is 10.1. The molecule has 0 bridgehead atoms. The number of nitrogens with one attached hydrogen (secondary N) is 2. The van der Waals surface area contributed by atoms with Crippen molar-refractivity contribution in [1.82, 2.24) is 15.2 Å². The monoisotopic (exact) mass is 217 g/mol. The van der Waals surface area contributed by atoms with Gasteiger partial charge in [-0.25, -0.2) is 0 Å². The number of hydrogen-bond donors (Lipinski definition) is 2. The van der Waals surface area contributed by atoms with Crippen molar-refractivity contribution >= 4 is 10.9 Å². The Hall–Kier alpha value is -1.32. The highest BCUT2D eigenvalue weighted by Gasteiger charge is 2.05. The first-order valence-corrected chi connectivity index (χ1v) is 5.69. The maximum absolute atomic E-state index is 3.31. The molecular formula is C13H19N3. The van der Waals surface area contributed by atoms with E-state index in [0.29, 0.717) is 0 Å². The third kappa shape index (κ3) is 2.43. The van der Waals surface area contributed by atoms with Gasteiger partial charge in [-0.05, 0) is 25.7 Å². The Balaban J connectivity index is 2.09. The molecule has 1 aromatic heterocycles. The lowest BCUT2D eigenvalue weighted by molar-refractivity contribution is 0.329. The van der Waals surface area contributed by atoms with Crippen LogP contribution >= 0.6 is 0 Å². The van der Waals surface area contributed by atoms with E-state index in [0.717, 1.165) is 19.6 Å². The second-order valence-electron chi connectivity index (χ2n) is 4.20. The van der Waals surface area contributed by atoms with Gasteiger partial charge in [0.05, 0.1) is 0 Å². The van der Waals surface area contributed by atoms with Crippen molar-refractivity contribution in [2.75, 3.05) is 27.2 Å². The van der Waals surface area contributed by atoms with Crippen molar-refractivity contribution in [1.29, 1.82) is 0 Å². The summed E-state index contributed by atoms with van der Waals surface area (Å²) in [5.74, 6) is 0. The first-order valence-electron chi connectivity index (χ1n) is 5.69. The van der Waals surface area contributed by atoms with Crippen LogP contribution in [0.3, 0.4) is 0 Å². The van der Waals surface area contributed by atoms with Gasteiger partial charge in [0.2, 0.25) is 0 Å². The van der Waals surface area contributed by atoms with Crippen LogP contribution in [-0.4, -0.2) is 37.1 Å². The van der Waals surface area contributed by atoms with Crippen LogP contribution in [0.1, 0.15) is 5.56 Å². The summed E-state index contributed by atoms with van der Waals surface area (Å²) in [6.07, 6.45) is 2.11. The molecule has 86 valence electrons. The minimum atomic E-state index is 0.992. The highest BCUT2D eigenvalue weighted by atomic mass is 15.1. The number of benzene rings is 1. The summed E-state index contributed by atoms with van der Waals surface area (Å²) < 4.78 is 0. The Labute approximate surface area is 96.5 Å². The number of rotatable bonds is 5. The fourth-order valence-corrected chi connectivity index (χ4v) is 1.93. The maximum atomic E-state index is 3.31. The Morgan fingerprint density at radius 3 is 2.94 bits per heavy atom. The summed E-state index contributed by atoms with van der Waals surface area (Å²) in [6, 6.07) is 8.44. The highest BCUT2D eigenvalue weighted by Crippen LogP contribution is 2.18. The Kier molecular flexibility index (Phi) is 3.59. The van der Waals surface area contributed by atoms with E-state index in [2.05, 4.69) is 52.7 Å². The number of nitrogens with zero attached hydrogens (tertiary/aromatic N) is 1. The molecule has 1 aromatic carbocycles. The van der Waals surface area contributed by atoms with Crippen LogP contribution in [0.25, 0.3) is 10.9 Å². The van der Waals surface area contributed by atoms with Crippen LogP contribution in [0, 0.1) is 0 Å². The summed E-state index contributed by atoms with van der Waals surface area (Å²) in [5, 5.41) is 4.50. The Morgan fingerprint density at radius 1 is 1.31 bits per heavy atom. The van der Waals surface area contributed by atoms with Crippen LogP contribution in [0.4, 0.5) is 0 Å². The standard InChI is InChI=1S/C13H19N3/c1-14-7-8-16(2)10-11-9-15-13-6-4-3-5-12(11)13/h3-6,9,14-15H,7-8,10H2,1-2H3. The molecule has 2 aromatic rings. The third-order valence-electron chi connectivity index (χ3n) is 2.86. The minimum Gasteiger partial charge on any atom is -0.361 e. The quantitative estimate of drug-likeness (QED) is 0.800. The number of aromatic amines is 1. The van der Waals surface area contributed by atoms with E-state index in [1.807, 2.05) is 7.05 Å². The number of para-hydroxylation sites is 1. The first-order chi connectivity index (χ1) is 7.81. The van der Waals surface area contributed by atoms with E-state index < -0.39 is 0 Å². The molecule has 1 heterocycles. The molecule has 3 heteroatoms. The summed E-state index contributed by atoms with van der Waals surface area (Å²) in [6.45, 7) is 3.08. The van der Waals surface area contributed by atoms with Crippen LogP contribution in [0.15, 0.2) is 30.5 Å². The van der Waals surface area contributed by atoms with Gasteiger partial charge in [0.15, 0.2) is 0 Å². The van der Waals surface area contributed by atoms with Crippen LogP contribution in [-0.2, 0) is 6.54 Å². The zero-order valence-electron chi connectivity index (χ0n) is 9.96. The molecule has 0 aliphatic carbocycles. The van der Waals surface area contributed by atoms with Gasteiger partial charge in [0.25, 0.3) is 0 Å². The summed E-state index contributed by atoms with van der Waals surface area (Å²) in [4.78, 5) is 5.63. The highest BCUT2D eigenvalue weighted by molar-refractivity contribution is 5.82. The summed E-state index contributed by atoms with van der Waals surface area (Å²) >= 11 is 0. The molecule has 0 radical (unpaired) electrons. The van der Waals surface area contributed by atoms with Gasteiger partial charge in [0.1, 0.15) is 0 Å². The molecule has 3 nitrogen and oxygen atoms in total. The molecule has 0 saturated carbocycles. The topological polar surface area (TPSA) is 31.1 Å². The van der Waals surface area contributed by atoms with Gasteiger partial charge < -0.3 is 15.2 Å². The average Bonchev–Trinajstić information content (AvgIpc) is 2.70. The van der Waals surface area contributed by atoms with Gasteiger partial charge in [-0.2, -0.15) is 0 Å². The molecule has 16 heavy (non-hydrogen) atoms. The molecule has 2 rings (SSSR count). The number of aromatic nitrogens is 1. The molecule has 0 amide bonds. The predicted molar refractivity (Wildman–Crippen MR) is 68.6 cm³/mol. The number of hydrogen-bond acceptors (Lipinski definition) is 2. The molecule has 0 unspecified atom stereocenters. The Morgan fingerprint density at radius 2 is 2.12 bits per heavy atom. The maximum Gasteiger partial charge on any atom is 0.0457 e. The fourth-order valence-electron chi connectivity index (χ4n) is 1.93. The van der Waals surface area contributed by atoms with Crippen LogP contribution in [0.5, 0.6) is 0 Å². The number of fused-ring (bicyclic) bond motifs is 1. The second kappa shape index (κ2) is 5.14. The van der Waals surface area contributed by atoms with E-state index in [-0.39, 0.29) is 0 Å². The zero-order valence-corrected chi connectivity index (χ0v) is 9.96. The lowest BCUT2D eigenvalue weighted by Crippen LogP contribution is -2.26. The van der Waals surface area contributed by atoms with E-state index in [9.17, 15) is 0 Å². The molecular weight excluding hydrogens is 198 g/mol. The molecule has 0 spiro atoms. The predicted octanol–water partition coefficient (Wildman–Crippen LogP) is 1.82. The Bertz CT molecular complexity index is 447. The summed E-state index contributed by atoms with van der Waals surface area (Å²) in [5.41, 5.74) is 2.59.